The minimum Gasteiger partial charge on any atom is -0.0805 e. The molecule has 0 amide bonds. The third-order valence-electron chi connectivity index (χ3n) is 5.96. The first-order valence-electron chi connectivity index (χ1n) is 8.13. The highest BCUT2D eigenvalue weighted by atomic mass is 14.5. The lowest BCUT2D eigenvalue weighted by atomic mass is 9.78. The lowest BCUT2D eigenvalue weighted by Gasteiger charge is -2.26. The van der Waals surface area contributed by atoms with Gasteiger partial charge in [0.2, 0.25) is 0 Å². The molecule has 0 aliphatic heterocycles. The van der Waals surface area contributed by atoms with Crippen LogP contribution in [0.2, 0.25) is 0 Å². The maximum absolute atomic E-state index is 2.50. The summed E-state index contributed by atoms with van der Waals surface area (Å²) in [6.45, 7) is 0. The summed E-state index contributed by atoms with van der Waals surface area (Å²) in [5, 5.41) is 0. The van der Waals surface area contributed by atoms with E-state index in [1.807, 2.05) is 0 Å². The summed E-state index contributed by atoms with van der Waals surface area (Å²) in [4.78, 5) is 0. The Bertz CT molecular complexity index is 411. The van der Waals surface area contributed by atoms with E-state index in [4.69, 9.17) is 0 Å². The molecule has 4 rings (SSSR count). The SMILES string of the molecule is C1=CC2C(CC3CCCC3)C3C=CC=C[C@@H]3[C@@H]2C=C1. The van der Waals surface area contributed by atoms with Gasteiger partial charge in [-0.05, 0) is 41.9 Å². The first-order valence-corrected chi connectivity index (χ1v) is 8.13. The van der Waals surface area contributed by atoms with Crippen LogP contribution in [0.15, 0.2) is 48.6 Å². The third-order valence-corrected chi connectivity index (χ3v) is 5.96. The number of hydrogen-bond donors (Lipinski definition) is 0. The molecule has 2 fully saturated rings. The van der Waals surface area contributed by atoms with Gasteiger partial charge in [0.25, 0.3) is 0 Å². The van der Waals surface area contributed by atoms with Crippen LogP contribution in [0.4, 0.5) is 0 Å². The van der Waals surface area contributed by atoms with Crippen molar-refractivity contribution in [1.82, 2.24) is 0 Å². The molecule has 4 aliphatic rings. The second-order valence-corrected chi connectivity index (χ2v) is 6.90. The van der Waals surface area contributed by atoms with Crippen molar-refractivity contribution >= 4 is 0 Å². The fourth-order valence-electron chi connectivity index (χ4n) is 5.11. The normalized spacial score (nSPS) is 43.7. The van der Waals surface area contributed by atoms with Gasteiger partial charge in [-0.2, -0.15) is 0 Å². The minimum absolute atomic E-state index is 0.766. The summed E-state index contributed by atoms with van der Waals surface area (Å²) in [7, 11) is 0. The van der Waals surface area contributed by atoms with Crippen molar-refractivity contribution in [2.75, 3.05) is 0 Å². The van der Waals surface area contributed by atoms with E-state index in [1.54, 1.807) is 0 Å². The molecule has 100 valence electrons. The second kappa shape index (κ2) is 4.81. The molecule has 0 spiro atoms. The summed E-state index contributed by atoms with van der Waals surface area (Å²) in [5.41, 5.74) is 0. The van der Waals surface area contributed by atoms with Crippen LogP contribution in [0.1, 0.15) is 32.1 Å². The van der Waals surface area contributed by atoms with Crippen LogP contribution >= 0.6 is 0 Å². The molecule has 0 bridgehead atoms. The molecule has 0 aromatic carbocycles. The lowest BCUT2D eigenvalue weighted by molar-refractivity contribution is 0.291. The average molecular weight is 252 g/mol. The molecule has 0 heteroatoms. The van der Waals surface area contributed by atoms with E-state index >= 15 is 0 Å². The fourth-order valence-corrected chi connectivity index (χ4v) is 5.11. The summed E-state index contributed by atoms with van der Waals surface area (Å²) >= 11 is 0. The fraction of sp³-hybridized carbons (Fsp3) is 0.579. The van der Waals surface area contributed by atoms with Crippen molar-refractivity contribution in [1.29, 1.82) is 0 Å². The van der Waals surface area contributed by atoms with Gasteiger partial charge in [-0.3, -0.25) is 0 Å². The lowest BCUT2D eigenvalue weighted by Crippen LogP contribution is -2.19. The van der Waals surface area contributed by atoms with Crippen molar-refractivity contribution in [3.8, 4) is 0 Å². The third kappa shape index (κ3) is 1.96. The number of hydrogen-bond acceptors (Lipinski definition) is 0. The Kier molecular flexibility index (Phi) is 2.98. The summed E-state index contributed by atoms with van der Waals surface area (Å²) < 4.78 is 0. The Balaban J connectivity index is 1.60. The number of rotatable bonds is 2. The Morgan fingerprint density at radius 1 is 0.632 bits per heavy atom. The van der Waals surface area contributed by atoms with E-state index < -0.39 is 0 Å². The Labute approximate surface area is 117 Å². The molecular weight excluding hydrogens is 228 g/mol. The monoisotopic (exact) mass is 252 g/mol. The quantitative estimate of drug-likeness (QED) is 0.655. The zero-order chi connectivity index (χ0) is 12.7. The molecule has 5 atom stereocenters. The van der Waals surface area contributed by atoms with Gasteiger partial charge in [-0.25, -0.2) is 0 Å². The van der Waals surface area contributed by atoms with E-state index in [9.17, 15) is 0 Å². The van der Waals surface area contributed by atoms with Crippen molar-refractivity contribution < 1.29 is 0 Å². The molecule has 0 saturated heterocycles. The van der Waals surface area contributed by atoms with E-state index in [0.29, 0.717) is 0 Å². The molecular formula is C19H24. The standard InChI is InChI=1S/C19H24/c1-2-8-14(7-1)13-19-17-11-5-3-9-15(17)16-10-4-6-12-18(16)19/h3-6,9-12,14-19H,1-2,7-8,13H2/t15-,16+,17?,18?,19?. The molecule has 0 nitrogen and oxygen atoms in total. The Hall–Kier alpha value is -1.04. The van der Waals surface area contributed by atoms with Gasteiger partial charge >= 0.3 is 0 Å². The summed E-state index contributed by atoms with van der Waals surface area (Å²) in [6.07, 6.45) is 26.5. The van der Waals surface area contributed by atoms with Crippen LogP contribution in [0.3, 0.4) is 0 Å². The molecule has 2 saturated carbocycles. The largest absolute Gasteiger partial charge is 0.0805 e. The molecule has 0 aromatic rings. The van der Waals surface area contributed by atoms with Crippen molar-refractivity contribution in [2.24, 2.45) is 35.5 Å². The molecule has 4 aliphatic carbocycles. The molecule has 0 N–H and O–H groups in total. The van der Waals surface area contributed by atoms with E-state index in [0.717, 1.165) is 35.5 Å². The molecule has 19 heavy (non-hydrogen) atoms. The Morgan fingerprint density at radius 3 is 1.63 bits per heavy atom. The average Bonchev–Trinajstić information content (AvgIpc) is 3.08. The topological polar surface area (TPSA) is 0 Å². The van der Waals surface area contributed by atoms with Gasteiger partial charge in [0, 0.05) is 0 Å². The summed E-state index contributed by atoms with van der Waals surface area (Å²) in [5.74, 6) is 5.04. The smallest absolute Gasteiger partial charge is 0.00956 e. The molecule has 0 heterocycles. The first-order chi connectivity index (χ1) is 9.43. The van der Waals surface area contributed by atoms with Crippen molar-refractivity contribution in [3.05, 3.63) is 48.6 Å². The highest BCUT2D eigenvalue weighted by Gasteiger charge is 2.47. The maximum atomic E-state index is 2.50. The van der Waals surface area contributed by atoms with Crippen LogP contribution in [-0.2, 0) is 0 Å². The number of allylic oxidation sites excluding steroid dienone is 8. The Morgan fingerprint density at radius 2 is 1.11 bits per heavy atom. The minimum atomic E-state index is 0.766. The zero-order valence-electron chi connectivity index (χ0n) is 11.6. The van der Waals surface area contributed by atoms with Crippen LogP contribution in [0, 0.1) is 35.5 Å². The van der Waals surface area contributed by atoms with E-state index in [1.165, 1.54) is 32.1 Å². The maximum Gasteiger partial charge on any atom is -0.00956 e. The molecule has 0 aromatic heterocycles. The molecule has 0 radical (unpaired) electrons. The van der Waals surface area contributed by atoms with Gasteiger partial charge in [0.05, 0.1) is 0 Å². The van der Waals surface area contributed by atoms with Gasteiger partial charge in [0.15, 0.2) is 0 Å². The van der Waals surface area contributed by atoms with Crippen LogP contribution in [0.25, 0.3) is 0 Å². The summed E-state index contributed by atoms with van der Waals surface area (Å²) in [6, 6.07) is 0. The van der Waals surface area contributed by atoms with Gasteiger partial charge in [-0.15, -0.1) is 0 Å². The highest BCUT2D eigenvalue weighted by molar-refractivity contribution is 5.28. The van der Waals surface area contributed by atoms with Gasteiger partial charge in [0.1, 0.15) is 0 Å². The van der Waals surface area contributed by atoms with E-state index in [-0.39, 0.29) is 0 Å². The van der Waals surface area contributed by atoms with E-state index in [2.05, 4.69) is 48.6 Å². The van der Waals surface area contributed by atoms with Gasteiger partial charge in [-0.1, -0.05) is 74.3 Å². The van der Waals surface area contributed by atoms with Crippen LogP contribution in [-0.4, -0.2) is 0 Å². The highest BCUT2D eigenvalue weighted by Crippen LogP contribution is 2.53. The predicted octanol–water partition coefficient (Wildman–Crippen LogP) is 4.91. The first kappa shape index (κ1) is 11.8. The zero-order valence-corrected chi connectivity index (χ0v) is 11.6. The molecule has 3 unspecified atom stereocenters. The van der Waals surface area contributed by atoms with Crippen molar-refractivity contribution in [2.45, 2.75) is 32.1 Å². The van der Waals surface area contributed by atoms with Crippen molar-refractivity contribution in [3.63, 3.8) is 0 Å². The van der Waals surface area contributed by atoms with Crippen LogP contribution < -0.4 is 0 Å². The van der Waals surface area contributed by atoms with Gasteiger partial charge < -0.3 is 0 Å². The number of fused-ring (bicyclic) bond motifs is 3. The second-order valence-electron chi connectivity index (χ2n) is 6.90. The van der Waals surface area contributed by atoms with Crippen LogP contribution in [0.5, 0.6) is 0 Å². The predicted molar refractivity (Wildman–Crippen MR) is 80.6 cm³/mol.